The number of morpholine rings is 1. The molecule has 0 amide bonds. The van der Waals surface area contributed by atoms with E-state index >= 15 is 0 Å². The van der Waals surface area contributed by atoms with E-state index in [0.29, 0.717) is 18.2 Å². The SMILES string of the molecule is CNC(Cc1cccs1)C1CN2CCCC2CO1. The molecule has 1 N–H and O–H groups in total. The highest BCUT2D eigenvalue weighted by molar-refractivity contribution is 7.09. The molecule has 0 aliphatic carbocycles. The predicted octanol–water partition coefficient (Wildman–Crippen LogP) is 1.74. The van der Waals surface area contributed by atoms with Crippen LogP contribution in [0.4, 0.5) is 0 Å². The molecular formula is C14H22N2OS. The van der Waals surface area contributed by atoms with Gasteiger partial charge in [0.25, 0.3) is 0 Å². The van der Waals surface area contributed by atoms with Crippen molar-refractivity contribution < 1.29 is 4.74 Å². The number of thiophene rings is 1. The number of ether oxygens (including phenoxy) is 1. The largest absolute Gasteiger partial charge is 0.374 e. The summed E-state index contributed by atoms with van der Waals surface area (Å²) in [5, 5.41) is 5.60. The molecule has 2 saturated heterocycles. The van der Waals surface area contributed by atoms with E-state index in [4.69, 9.17) is 4.74 Å². The molecule has 3 nitrogen and oxygen atoms in total. The highest BCUT2D eigenvalue weighted by Gasteiger charge is 2.35. The predicted molar refractivity (Wildman–Crippen MR) is 75.2 cm³/mol. The van der Waals surface area contributed by atoms with Crippen molar-refractivity contribution in [2.45, 2.75) is 37.5 Å². The second-order valence-electron chi connectivity index (χ2n) is 5.34. The molecule has 0 saturated carbocycles. The first-order chi connectivity index (χ1) is 8.86. The van der Waals surface area contributed by atoms with Gasteiger partial charge < -0.3 is 10.1 Å². The van der Waals surface area contributed by atoms with Gasteiger partial charge in [-0.2, -0.15) is 0 Å². The zero-order chi connectivity index (χ0) is 12.4. The van der Waals surface area contributed by atoms with Crippen molar-refractivity contribution >= 4 is 11.3 Å². The second-order valence-corrected chi connectivity index (χ2v) is 6.37. The summed E-state index contributed by atoms with van der Waals surface area (Å²) in [7, 11) is 2.05. The van der Waals surface area contributed by atoms with Crippen LogP contribution in [0, 0.1) is 0 Å². The van der Waals surface area contributed by atoms with E-state index in [-0.39, 0.29) is 0 Å². The van der Waals surface area contributed by atoms with E-state index in [1.807, 2.05) is 11.3 Å². The molecule has 3 atom stereocenters. The molecule has 2 aliphatic rings. The van der Waals surface area contributed by atoms with Gasteiger partial charge in [0.1, 0.15) is 0 Å². The summed E-state index contributed by atoms with van der Waals surface area (Å²) in [5.74, 6) is 0. The molecule has 0 bridgehead atoms. The van der Waals surface area contributed by atoms with Crippen molar-refractivity contribution in [3.05, 3.63) is 22.4 Å². The Kier molecular flexibility index (Phi) is 3.99. The Morgan fingerprint density at radius 1 is 1.61 bits per heavy atom. The molecule has 0 aromatic carbocycles. The van der Waals surface area contributed by atoms with Crippen LogP contribution < -0.4 is 5.32 Å². The molecule has 2 aliphatic heterocycles. The number of fused-ring (bicyclic) bond motifs is 1. The number of nitrogens with one attached hydrogen (secondary N) is 1. The van der Waals surface area contributed by atoms with Gasteiger partial charge in [-0.25, -0.2) is 0 Å². The van der Waals surface area contributed by atoms with Gasteiger partial charge in [-0.05, 0) is 44.3 Å². The topological polar surface area (TPSA) is 24.5 Å². The lowest BCUT2D eigenvalue weighted by atomic mass is 10.0. The normalized spacial score (nSPS) is 30.3. The maximum Gasteiger partial charge on any atom is 0.0858 e. The minimum absolute atomic E-state index is 0.339. The minimum Gasteiger partial charge on any atom is -0.374 e. The third-order valence-electron chi connectivity index (χ3n) is 4.24. The van der Waals surface area contributed by atoms with Crippen molar-refractivity contribution in [1.29, 1.82) is 0 Å². The number of hydrogen-bond acceptors (Lipinski definition) is 4. The lowest BCUT2D eigenvalue weighted by molar-refractivity contribution is -0.0633. The molecule has 18 heavy (non-hydrogen) atoms. The Morgan fingerprint density at radius 3 is 3.33 bits per heavy atom. The van der Waals surface area contributed by atoms with Crippen LogP contribution in [0.5, 0.6) is 0 Å². The fourth-order valence-electron chi connectivity index (χ4n) is 3.15. The first-order valence-electron chi connectivity index (χ1n) is 6.92. The fraction of sp³-hybridized carbons (Fsp3) is 0.714. The van der Waals surface area contributed by atoms with Crippen LogP contribution in [0.1, 0.15) is 17.7 Å². The molecular weight excluding hydrogens is 244 g/mol. The fourth-order valence-corrected chi connectivity index (χ4v) is 3.92. The maximum absolute atomic E-state index is 6.09. The molecule has 4 heteroatoms. The third-order valence-corrected chi connectivity index (χ3v) is 5.14. The smallest absolute Gasteiger partial charge is 0.0858 e. The number of likely N-dealkylation sites (N-methyl/N-ethyl adjacent to an activating group) is 1. The van der Waals surface area contributed by atoms with Gasteiger partial charge >= 0.3 is 0 Å². The first-order valence-corrected chi connectivity index (χ1v) is 7.80. The number of rotatable bonds is 4. The van der Waals surface area contributed by atoms with Gasteiger partial charge in [-0.3, -0.25) is 4.90 Å². The lowest BCUT2D eigenvalue weighted by Gasteiger charge is -2.38. The third kappa shape index (κ3) is 2.62. The van der Waals surface area contributed by atoms with Crippen molar-refractivity contribution in [3.8, 4) is 0 Å². The zero-order valence-corrected chi connectivity index (χ0v) is 11.8. The van der Waals surface area contributed by atoms with Crippen molar-refractivity contribution in [2.24, 2.45) is 0 Å². The Morgan fingerprint density at radius 2 is 2.56 bits per heavy atom. The average molecular weight is 266 g/mol. The van der Waals surface area contributed by atoms with E-state index in [2.05, 4.69) is 34.8 Å². The van der Waals surface area contributed by atoms with Crippen molar-refractivity contribution in [3.63, 3.8) is 0 Å². The van der Waals surface area contributed by atoms with Gasteiger partial charge in [0, 0.05) is 23.5 Å². The molecule has 0 spiro atoms. The summed E-state index contributed by atoms with van der Waals surface area (Å²) in [5.41, 5.74) is 0. The van der Waals surface area contributed by atoms with Crippen molar-refractivity contribution in [1.82, 2.24) is 10.2 Å². The van der Waals surface area contributed by atoms with Gasteiger partial charge in [0.15, 0.2) is 0 Å². The molecule has 3 heterocycles. The van der Waals surface area contributed by atoms with Crippen LogP contribution in [-0.2, 0) is 11.2 Å². The Labute approximate surface area is 113 Å². The van der Waals surface area contributed by atoms with Gasteiger partial charge in [0.05, 0.1) is 12.7 Å². The van der Waals surface area contributed by atoms with E-state index in [1.165, 1.54) is 24.3 Å². The molecule has 1 aromatic rings. The zero-order valence-electron chi connectivity index (χ0n) is 11.0. The van der Waals surface area contributed by atoms with E-state index in [1.54, 1.807) is 0 Å². The van der Waals surface area contributed by atoms with E-state index in [9.17, 15) is 0 Å². The lowest BCUT2D eigenvalue weighted by Crippen LogP contribution is -2.54. The van der Waals surface area contributed by atoms with E-state index < -0.39 is 0 Å². The first kappa shape index (κ1) is 12.6. The standard InChI is InChI=1S/C14H22N2OS/c1-15-13(8-12-5-3-7-18-12)14-9-16-6-2-4-11(16)10-17-14/h3,5,7,11,13-15H,2,4,6,8-10H2,1H3. The molecule has 3 rings (SSSR count). The van der Waals surface area contributed by atoms with Crippen LogP contribution in [0.25, 0.3) is 0 Å². The molecule has 1 aromatic heterocycles. The van der Waals surface area contributed by atoms with Crippen LogP contribution in [0.3, 0.4) is 0 Å². The summed E-state index contributed by atoms with van der Waals surface area (Å²) in [6.07, 6.45) is 4.08. The second kappa shape index (κ2) is 5.70. The van der Waals surface area contributed by atoms with E-state index in [0.717, 1.165) is 19.6 Å². The van der Waals surface area contributed by atoms with Crippen molar-refractivity contribution in [2.75, 3.05) is 26.7 Å². The Bertz CT molecular complexity index is 368. The quantitative estimate of drug-likeness (QED) is 0.898. The summed E-state index contributed by atoms with van der Waals surface area (Å²) in [6.45, 7) is 3.29. The number of hydrogen-bond donors (Lipinski definition) is 1. The van der Waals surface area contributed by atoms with Gasteiger partial charge in [0.2, 0.25) is 0 Å². The highest BCUT2D eigenvalue weighted by Crippen LogP contribution is 2.25. The summed E-state index contributed by atoms with van der Waals surface area (Å²) in [6, 6.07) is 5.48. The Balaban J connectivity index is 1.61. The highest BCUT2D eigenvalue weighted by atomic mass is 32.1. The summed E-state index contributed by atoms with van der Waals surface area (Å²) >= 11 is 1.84. The number of nitrogens with zero attached hydrogens (tertiary/aromatic N) is 1. The van der Waals surface area contributed by atoms with Crippen LogP contribution in [0.2, 0.25) is 0 Å². The molecule has 100 valence electrons. The van der Waals surface area contributed by atoms with Gasteiger partial charge in [-0.15, -0.1) is 11.3 Å². The summed E-state index contributed by atoms with van der Waals surface area (Å²) in [4.78, 5) is 4.06. The average Bonchev–Trinajstić information content (AvgIpc) is 3.06. The summed E-state index contributed by atoms with van der Waals surface area (Å²) < 4.78 is 6.09. The molecule has 2 fully saturated rings. The van der Waals surface area contributed by atoms with Crippen LogP contribution >= 0.6 is 11.3 Å². The minimum atomic E-state index is 0.339. The molecule has 0 radical (unpaired) electrons. The van der Waals surface area contributed by atoms with Crippen LogP contribution in [0.15, 0.2) is 17.5 Å². The Hall–Kier alpha value is -0.420. The monoisotopic (exact) mass is 266 g/mol. The maximum atomic E-state index is 6.09. The molecule has 3 unspecified atom stereocenters. The van der Waals surface area contributed by atoms with Gasteiger partial charge in [-0.1, -0.05) is 6.07 Å². The van der Waals surface area contributed by atoms with Crippen LogP contribution in [-0.4, -0.2) is 49.8 Å².